The average Bonchev–Trinajstić information content (AvgIpc) is 3.22. The summed E-state index contributed by atoms with van der Waals surface area (Å²) >= 11 is 0. The van der Waals surface area contributed by atoms with Crippen molar-refractivity contribution in [2.24, 2.45) is 23.3 Å². The highest BCUT2D eigenvalue weighted by Gasteiger charge is 2.29. The highest BCUT2D eigenvalue weighted by molar-refractivity contribution is 5.94. The molecule has 0 aromatic carbocycles. The van der Waals surface area contributed by atoms with Crippen LogP contribution >= 0.6 is 0 Å². The topological polar surface area (TPSA) is 152 Å². The van der Waals surface area contributed by atoms with E-state index in [0.717, 1.165) is 49.5 Å². The standard InChI is InChI=1S/C15H24N2O2.C10H14N2O.C10H23NO/c1-10(2)14(19)13(8-7-12(18)9-16)17-15(5,6)11(3)4;1-8(11)4-3-7-12-9(2)5-6-10(12)13;1-9(2)5-8-12-10(3,4)6-7-11/h10,13,17H,3,7-8H2,1-2,4-6H3;5-6H,1-4,7,11H2;9H,5-8,11H2,1-4H3. The first-order valence-electron chi connectivity index (χ1n) is 15.6. The van der Waals surface area contributed by atoms with E-state index in [1.165, 1.54) is 6.08 Å². The zero-order valence-electron chi connectivity index (χ0n) is 29.1. The Morgan fingerprint density at radius 3 is 2.09 bits per heavy atom. The summed E-state index contributed by atoms with van der Waals surface area (Å²) in [4.78, 5) is 36.1. The number of carbonyl (C=O) groups excluding carboxylic acids is 3. The summed E-state index contributed by atoms with van der Waals surface area (Å²) in [5.74, 6) is 0.179. The molecule has 250 valence electrons. The van der Waals surface area contributed by atoms with Crippen LogP contribution in [0.3, 0.4) is 0 Å². The number of amides is 1. The fourth-order valence-corrected chi connectivity index (χ4v) is 3.78. The SMILES string of the molecule is C=C(C)C(C)(C)NC(CCC(=O)C#N)C(=O)C(C)C.C=C(N)CCCN1C(=C)C=CC1=O.CC(C)CCOC(C)(C)CCN. The minimum absolute atomic E-state index is 0.00707. The third-order valence-corrected chi connectivity index (χ3v) is 7.14. The number of nitriles is 1. The lowest BCUT2D eigenvalue weighted by atomic mass is 9.90. The molecule has 1 aliphatic rings. The molecule has 1 aliphatic heterocycles. The number of nitrogens with two attached hydrogens (primary N) is 2. The van der Waals surface area contributed by atoms with Gasteiger partial charge in [-0.15, -0.1) is 0 Å². The van der Waals surface area contributed by atoms with Crippen LogP contribution in [0.2, 0.25) is 0 Å². The maximum atomic E-state index is 12.2. The van der Waals surface area contributed by atoms with Gasteiger partial charge in [-0.2, -0.15) is 5.26 Å². The number of ketones is 2. The summed E-state index contributed by atoms with van der Waals surface area (Å²) in [6.45, 7) is 31.5. The fraction of sp³-hybridized carbons (Fsp3) is 0.657. The van der Waals surface area contributed by atoms with Crippen molar-refractivity contribution in [3.05, 3.63) is 48.9 Å². The van der Waals surface area contributed by atoms with Crippen LogP contribution < -0.4 is 16.8 Å². The van der Waals surface area contributed by atoms with Crippen LogP contribution in [0, 0.1) is 23.2 Å². The Labute approximate surface area is 267 Å². The molecule has 1 atom stereocenters. The van der Waals surface area contributed by atoms with Gasteiger partial charge in [0.1, 0.15) is 6.07 Å². The van der Waals surface area contributed by atoms with Gasteiger partial charge in [-0.25, -0.2) is 0 Å². The molecule has 0 spiro atoms. The van der Waals surface area contributed by atoms with E-state index in [2.05, 4.69) is 52.7 Å². The van der Waals surface area contributed by atoms with Gasteiger partial charge in [0.15, 0.2) is 5.78 Å². The van der Waals surface area contributed by atoms with Gasteiger partial charge >= 0.3 is 0 Å². The van der Waals surface area contributed by atoms with Crippen LogP contribution in [0.4, 0.5) is 0 Å². The fourth-order valence-electron chi connectivity index (χ4n) is 3.78. The quantitative estimate of drug-likeness (QED) is 0.131. The molecule has 0 fully saturated rings. The lowest BCUT2D eigenvalue weighted by molar-refractivity contribution is -0.125. The number of hydrogen-bond donors (Lipinski definition) is 3. The third-order valence-electron chi connectivity index (χ3n) is 7.14. The van der Waals surface area contributed by atoms with Crippen LogP contribution in [0.5, 0.6) is 0 Å². The van der Waals surface area contributed by atoms with Gasteiger partial charge in [0.05, 0.1) is 11.6 Å². The Hall–Kier alpha value is -3.06. The number of hydrogen-bond acceptors (Lipinski definition) is 8. The Balaban J connectivity index is 0. The zero-order valence-corrected chi connectivity index (χ0v) is 29.1. The van der Waals surface area contributed by atoms with Gasteiger partial charge in [-0.3, -0.25) is 19.7 Å². The minimum atomic E-state index is -0.489. The van der Waals surface area contributed by atoms with Crippen molar-refractivity contribution in [2.75, 3.05) is 19.7 Å². The molecule has 0 radical (unpaired) electrons. The smallest absolute Gasteiger partial charge is 0.251 e. The number of nitrogens with zero attached hydrogens (tertiary/aromatic N) is 2. The van der Waals surface area contributed by atoms with Gasteiger partial charge in [-0.05, 0) is 85.3 Å². The number of allylic oxidation sites excluding steroid dienone is 2. The Bertz CT molecular complexity index is 1020. The lowest BCUT2D eigenvalue weighted by Gasteiger charge is -2.32. The first-order chi connectivity index (χ1) is 20.2. The average molecular weight is 616 g/mol. The summed E-state index contributed by atoms with van der Waals surface area (Å²) in [6, 6.07) is 1.15. The lowest BCUT2D eigenvalue weighted by Crippen LogP contribution is -2.51. The molecule has 1 heterocycles. The van der Waals surface area contributed by atoms with Crippen molar-refractivity contribution in [3.63, 3.8) is 0 Å². The number of carbonyl (C=O) groups is 3. The van der Waals surface area contributed by atoms with Gasteiger partial charge in [-0.1, -0.05) is 53.0 Å². The van der Waals surface area contributed by atoms with Crippen molar-refractivity contribution in [1.82, 2.24) is 10.2 Å². The maximum Gasteiger partial charge on any atom is 0.251 e. The highest BCUT2D eigenvalue weighted by Crippen LogP contribution is 2.18. The zero-order chi connectivity index (χ0) is 34.7. The molecule has 0 aromatic rings. The molecule has 5 N–H and O–H groups in total. The summed E-state index contributed by atoms with van der Waals surface area (Å²) < 4.78 is 5.70. The molecule has 1 amide bonds. The summed E-state index contributed by atoms with van der Waals surface area (Å²) in [5.41, 5.74) is 12.8. The maximum absolute atomic E-state index is 12.2. The van der Waals surface area contributed by atoms with E-state index in [1.54, 1.807) is 17.0 Å². The number of Topliss-reactive ketones (excluding diaryl/α,β-unsaturated/α-hetero) is 2. The predicted octanol–water partition coefficient (Wildman–Crippen LogP) is 5.72. The van der Waals surface area contributed by atoms with E-state index in [-0.39, 0.29) is 35.2 Å². The second-order valence-electron chi connectivity index (χ2n) is 13.1. The minimum Gasteiger partial charge on any atom is -0.403 e. The highest BCUT2D eigenvalue weighted by atomic mass is 16.5. The number of nitrogens with one attached hydrogen (secondary N) is 1. The first-order valence-corrected chi connectivity index (χ1v) is 15.6. The van der Waals surface area contributed by atoms with Gasteiger partial charge in [0.25, 0.3) is 5.91 Å². The van der Waals surface area contributed by atoms with Gasteiger partial charge in [0, 0.05) is 48.5 Å². The summed E-state index contributed by atoms with van der Waals surface area (Å²) in [6.07, 6.45) is 7.34. The molecule has 0 saturated carbocycles. The molecular formula is C35H61N5O4. The van der Waals surface area contributed by atoms with Gasteiger partial charge < -0.3 is 21.1 Å². The van der Waals surface area contributed by atoms with Crippen molar-refractivity contribution < 1.29 is 19.1 Å². The molecule has 0 bridgehead atoms. The molecule has 0 aliphatic carbocycles. The number of ether oxygens (including phenoxy) is 1. The van der Waals surface area contributed by atoms with Crippen molar-refractivity contribution in [2.45, 2.75) is 118 Å². The van der Waals surface area contributed by atoms with Crippen LogP contribution in [-0.2, 0) is 19.1 Å². The molecule has 0 aromatic heterocycles. The van der Waals surface area contributed by atoms with E-state index >= 15 is 0 Å². The van der Waals surface area contributed by atoms with E-state index in [0.29, 0.717) is 25.2 Å². The van der Waals surface area contributed by atoms with E-state index in [4.69, 9.17) is 21.5 Å². The molecule has 44 heavy (non-hydrogen) atoms. The van der Waals surface area contributed by atoms with Crippen molar-refractivity contribution in [1.29, 1.82) is 5.26 Å². The predicted molar refractivity (Wildman–Crippen MR) is 181 cm³/mol. The molecule has 0 saturated heterocycles. The normalized spacial score (nSPS) is 13.6. The first kappa shape index (κ1) is 43.1. The summed E-state index contributed by atoms with van der Waals surface area (Å²) in [7, 11) is 0. The number of rotatable bonds is 18. The Morgan fingerprint density at radius 2 is 1.68 bits per heavy atom. The Morgan fingerprint density at radius 1 is 1.09 bits per heavy atom. The summed E-state index contributed by atoms with van der Waals surface area (Å²) in [5, 5.41) is 11.7. The molecular weight excluding hydrogens is 554 g/mol. The largest absolute Gasteiger partial charge is 0.403 e. The second-order valence-corrected chi connectivity index (χ2v) is 13.1. The van der Waals surface area contributed by atoms with E-state index < -0.39 is 11.8 Å². The van der Waals surface area contributed by atoms with Crippen LogP contribution in [0.25, 0.3) is 0 Å². The molecule has 9 nitrogen and oxygen atoms in total. The van der Waals surface area contributed by atoms with Crippen LogP contribution in [0.1, 0.15) is 101 Å². The monoisotopic (exact) mass is 615 g/mol. The van der Waals surface area contributed by atoms with E-state index in [9.17, 15) is 14.4 Å². The van der Waals surface area contributed by atoms with Crippen molar-refractivity contribution >= 4 is 17.5 Å². The van der Waals surface area contributed by atoms with Crippen LogP contribution in [0.15, 0.2) is 48.9 Å². The molecule has 9 heteroatoms. The van der Waals surface area contributed by atoms with Gasteiger partial charge in [0.2, 0.25) is 5.78 Å². The third kappa shape index (κ3) is 20.0. The molecule has 1 rings (SSSR count). The molecule has 1 unspecified atom stereocenters. The van der Waals surface area contributed by atoms with Crippen LogP contribution in [-0.4, -0.2) is 59.3 Å². The van der Waals surface area contributed by atoms with Crippen molar-refractivity contribution in [3.8, 4) is 6.07 Å². The second kappa shape index (κ2) is 21.6. The Kier molecular flexibility index (Phi) is 21.2. The van der Waals surface area contributed by atoms with E-state index in [1.807, 2.05) is 34.6 Å².